The number of thiophene rings is 1. The topological polar surface area (TPSA) is 60.6 Å². The van der Waals surface area contributed by atoms with E-state index in [2.05, 4.69) is 15.8 Å². The van der Waals surface area contributed by atoms with Gasteiger partial charge in [-0.25, -0.2) is 0 Å². The van der Waals surface area contributed by atoms with E-state index < -0.39 is 0 Å². The van der Waals surface area contributed by atoms with Gasteiger partial charge in [-0.05, 0) is 17.0 Å². The van der Waals surface area contributed by atoms with E-state index in [-0.39, 0.29) is 5.84 Å². The minimum absolute atomic E-state index is 0.181. The number of nitrogens with zero attached hydrogens (tertiary/aromatic N) is 2. The lowest BCUT2D eigenvalue weighted by atomic mass is 10.2. The highest BCUT2D eigenvalue weighted by molar-refractivity contribution is 7.12. The van der Waals surface area contributed by atoms with E-state index in [9.17, 15) is 0 Å². The average Bonchev–Trinajstić information content (AvgIpc) is 2.89. The molecule has 17 heavy (non-hydrogen) atoms. The Morgan fingerprint density at radius 1 is 1.18 bits per heavy atom. The van der Waals surface area contributed by atoms with Gasteiger partial charge in [0.25, 0.3) is 0 Å². The van der Waals surface area contributed by atoms with Gasteiger partial charge in [0.2, 0.25) is 0 Å². The summed E-state index contributed by atoms with van der Waals surface area (Å²) >= 11 is 1.48. The Morgan fingerprint density at radius 2 is 2.00 bits per heavy atom. The lowest BCUT2D eigenvalue weighted by Gasteiger charge is -1.98. The first-order chi connectivity index (χ1) is 8.36. The molecule has 2 rings (SSSR count). The van der Waals surface area contributed by atoms with Crippen LogP contribution < -0.4 is 5.43 Å². The van der Waals surface area contributed by atoms with Crippen molar-refractivity contribution in [3.8, 4) is 0 Å². The van der Waals surface area contributed by atoms with Crippen LogP contribution in [0.2, 0.25) is 0 Å². The second-order valence-corrected chi connectivity index (χ2v) is 4.29. The van der Waals surface area contributed by atoms with Gasteiger partial charge in [-0.15, -0.1) is 16.5 Å². The molecule has 4 nitrogen and oxygen atoms in total. The van der Waals surface area contributed by atoms with Gasteiger partial charge in [-0.2, -0.15) is 0 Å². The molecule has 5 heteroatoms. The second-order valence-electron chi connectivity index (χ2n) is 3.35. The Morgan fingerprint density at radius 3 is 2.71 bits per heavy atom. The van der Waals surface area contributed by atoms with E-state index in [4.69, 9.17) is 5.41 Å². The monoisotopic (exact) mass is 244 g/mol. The van der Waals surface area contributed by atoms with Crippen molar-refractivity contribution < 1.29 is 0 Å². The molecular weight excluding hydrogens is 232 g/mol. The molecule has 0 bridgehead atoms. The average molecular weight is 244 g/mol. The van der Waals surface area contributed by atoms with Crippen LogP contribution in [-0.2, 0) is 6.54 Å². The van der Waals surface area contributed by atoms with E-state index in [0.717, 1.165) is 10.4 Å². The van der Waals surface area contributed by atoms with Crippen LogP contribution in [0.5, 0.6) is 0 Å². The Balaban J connectivity index is 1.81. The Kier molecular flexibility index (Phi) is 3.99. The summed E-state index contributed by atoms with van der Waals surface area (Å²) in [5.74, 6) is 0.181. The maximum absolute atomic E-state index is 7.64. The largest absolute Gasteiger partial charge is 0.287 e. The number of hydrogen-bond donors (Lipinski definition) is 2. The van der Waals surface area contributed by atoms with Gasteiger partial charge in [0.1, 0.15) is 0 Å². The molecular formula is C12H12N4S. The van der Waals surface area contributed by atoms with E-state index in [0.29, 0.717) is 6.54 Å². The van der Waals surface area contributed by atoms with Crippen LogP contribution in [0.3, 0.4) is 0 Å². The van der Waals surface area contributed by atoms with Crippen LogP contribution in [0.15, 0.2) is 58.2 Å². The molecule has 86 valence electrons. The summed E-state index contributed by atoms with van der Waals surface area (Å²) in [6, 6.07) is 13.7. The number of benzene rings is 1. The zero-order valence-corrected chi connectivity index (χ0v) is 9.95. The summed E-state index contributed by atoms with van der Waals surface area (Å²) < 4.78 is 0. The van der Waals surface area contributed by atoms with Gasteiger partial charge in [-0.3, -0.25) is 10.8 Å². The normalized spacial score (nSPS) is 10.6. The minimum atomic E-state index is 0.181. The molecule has 1 aromatic heterocycles. The summed E-state index contributed by atoms with van der Waals surface area (Å²) in [7, 11) is 0. The molecule has 0 atom stereocenters. The summed E-state index contributed by atoms with van der Waals surface area (Å²) in [5, 5.41) is 17.1. The Bertz CT molecular complexity index is 490. The number of rotatable bonds is 4. The zero-order valence-electron chi connectivity index (χ0n) is 9.13. The number of nitrogens with one attached hydrogen (secondary N) is 2. The molecule has 0 aliphatic heterocycles. The first kappa shape index (κ1) is 11.5. The van der Waals surface area contributed by atoms with Crippen molar-refractivity contribution in [3.05, 3.63) is 58.3 Å². The molecule has 2 N–H and O–H groups in total. The van der Waals surface area contributed by atoms with E-state index in [1.807, 2.05) is 47.8 Å². The van der Waals surface area contributed by atoms with Crippen molar-refractivity contribution in [2.45, 2.75) is 6.54 Å². The molecule has 0 aliphatic rings. The third kappa shape index (κ3) is 3.49. The minimum Gasteiger partial charge on any atom is -0.287 e. The third-order valence-corrected chi connectivity index (χ3v) is 2.98. The lowest BCUT2D eigenvalue weighted by molar-refractivity contribution is 0.702. The second kappa shape index (κ2) is 5.91. The van der Waals surface area contributed by atoms with Crippen molar-refractivity contribution in [2.24, 2.45) is 10.3 Å². The van der Waals surface area contributed by atoms with E-state index in [1.54, 1.807) is 0 Å². The Labute approximate surface area is 104 Å². The first-order valence-electron chi connectivity index (χ1n) is 5.16. The zero-order chi connectivity index (χ0) is 11.9. The quantitative estimate of drug-likeness (QED) is 0.369. The van der Waals surface area contributed by atoms with Crippen molar-refractivity contribution in [2.75, 3.05) is 0 Å². The molecule has 0 unspecified atom stereocenters. The summed E-state index contributed by atoms with van der Waals surface area (Å²) in [6.45, 7) is 0.613. The maximum Gasteiger partial charge on any atom is 0.186 e. The van der Waals surface area contributed by atoms with Gasteiger partial charge in [0.15, 0.2) is 5.84 Å². The highest BCUT2D eigenvalue weighted by atomic mass is 32.1. The lowest BCUT2D eigenvalue weighted by Crippen LogP contribution is -2.04. The van der Waals surface area contributed by atoms with Crippen molar-refractivity contribution in [1.82, 2.24) is 5.43 Å². The summed E-state index contributed by atoms with van der Waals surface area (Å²) in [6.07, 6.45) is 0. The fraction of sp³-hybridized carbons (Fsp3) is 0.0833. The predicted molar refractivity (Wildman–Crippen MR) is 69.3 cm³/mol. The number of hydrogen-bond acceptors (Lipinski definition) is 3. The Hall–Kier alpha value is -2.01. The molecule has 1 aromatic carbocycles. The molecule has 0 radical (unpaired) electrons. The van der Waals surface area contributed by atoms with Crippen LogP contribution in [0.1, 0.15) is 10.4 Å². The van der Waals surface area contributed by atoms with Crippen LogP contribution >= 0.6 is 11.3 Å². The van der Waals surface area contributed by atoms with Crippen molar-refractivity contribution >= 4 is 17.2 Å². The summed E-state index contributed by atoms with van der Waals surface area (Å²) in [5.41, 5.74) is 3.95. The molecule has 0 aliphatic carbocycles. The van der Waals surface area contributed by atoms with Crippen molar-refractivity contribution in [3.63, 3.8) is 0 Å². The van der Waals surface area contributed by atoms with Crippen molar-refractivity contribution in [1.29, 1.82) is 5.41 Å². The van der Waals surface area contributed by atoms with Gasteiger partial charge in [-0.1, -0.05) is 41.6 Å². The predicted octanol–water partition coefficient (Wildman–Crippen LogP) is 3.23. The smallest absolute Gasteiger partial charge is 0.186 e. The molecule has 2 aromatic rings. The third-order valence-electron chi connectivity index (χ3n) is 2.10. The standard InChI is InChI=1S/C12H12N4S/c13-12(11-7-4-8-17-11)15-16-14-9-10-5-2-1-3-6-10/h1-8H,9H2,(H2,13,14,15). The van der Waals surface area contributed by atoms with Gasteiger partial charge in [0, 0.05) is 0 Å². The molecule has 0 spiro atoms. The number of amidine groups is 1. The fourth-order valence-electron chi connectivity index (χ4n) is 1.27. The highest BCUT2D eigenvalue weighted by Crippen LogP contribution is 2.09. The fourth-order valence-corrected chi connectivity index (χ4v) is 1.88. The highest BCUT2D eigenvalue weighted by Gasteiger charge is 1.98. The first-order valence-corrected chi connectivity index (χ1v) is 6.04. The summed E-state index contributed by atoms with van der Waals surface area (Å²) in [4.78, 5) is 0.815. The SMILES string of the molecule is N=C(/N=N\NCc1ccccc1)c1cccs1. The van der Waals surface area contributed by atoms with Crippen LogP contribution in [0, 0.1) is 5.41 Å². The van der Waals surface area contributed by atoms with Crippen LogP contribution in [0.4, 0.5) is 0 Å². The van der Waals surface area contributed by atoms with Gasteiger partial charge < -0.3 is 0 Å². The van der Waals surface area contributed by atoms with Crippen LogP contribution in [0.25, 0.3) is 0 Å². The molecule has 0 saturated carbocycles. The molecule has 0 saturated heterocycles. The molecule has 1 heterocycles. The van der Waals surface area contributed by atoms with Gasteiger partial charge >= 0.3 is 0 Å². The van der Waals surface area contributed by atoms with Crippen LogP contribution in [-0.4, -0.2) is 5.84 Å². The molecule has 0 fully saturated rings. The van der Waals surface area contributed by atoms with Gasteiger partial charge in [0.05, 0.1) is 11.4 Å². The maximum atomic E-state index is 7.64. The molecule has 0 amide bonds. The van der Waals surface area contributed by atoms with E-state index >= 15 is 0 Å². The van der Waals surface area contributed by atoms with E-state index in [1.165, 1.54) is 11.3 Å².